The fraction of sp³-hybridized carbons (Fsp3) is 0.381. The molecule has 1 aromatic heterocycles. The average Bonchev–Trinajstić information content (AvgIpc) is 3.54. The number of anilines is 2. The molecule has 0 bridgehead atoms. The van der Waals surface area contributed by atoms with Gasteiger partial charge in [0.25, 0.3) is 11.8 Å². The first-order valence-corrected chi connectivity index (χ1v) is 9.39. The normalized spacial score (nSPS) is 18.4. The zero-order valence-electron chi connectivity index (χ0n) is 15.3. The lowest BCUT2D eigenvalue weighted by Crippen LogP contribution is -2.42. The summed E-state index contributed by atoms with van der Waals surface area (Å²) in [6, 6.07) is 13.3. The molecule has 7 heteroatoms. The maximum absolute atomic E-state index is 13.3. The largest absolute Gasteiger partial charge is 0.338 e. The van der Waals surface area contributed by atoms with Crippen molar-refractivity contribution in [2.75, 3.05) is 18.0 Å². The van der Waals surface area contributed by atoms with E-state index in [9.17, 15) is 13.6 Å². The predicted molar refractivity (Wildman–Crippen MR) is 101 cm³/mol. The van der Waals surface area contributed by atoms with E-state index in [1.165, 1.54) is 11.1 Å². The number of halogens is 2. The molecule has 0 atom stereocenters. The maximum atomic E-state index is 13.3. The first-order valence-electron chi connectivity index (χ1n) is 9.39. The van der Waals surface area contributed by atoms with Crippen LogP contribution in [0.3, 0.4) is 0 Å². The van der Waals surface area contributed by atoms with E-state index in [1.54, 1.807) is 24.3 Å². The minimum Gasteiger partial charge on any atom is -0.338 e. The lowest BCUT2D eigenvalue weighted by Gasteiger charge is -2.31. The molecule has 1 aliphatic carbocycles. The van der Waals surface area contributed by atoms with Crippen LogP contribution in [-0.2, 0) is 0 Å². The number of piperidine rings is 1. The third-order valence-electron chi connectivity index (χ3n) is 5.21. The lowest BCUT2D eigenvalue weighted by molar-refractivity contribution is -0.0494. The van der Waals surface area contributed by atoms with Gasteiger partial charge >= 0.3 is 0 Å². The van der Waals surface area contributed by atoms with Crippen molar-refractivity contribution in [2.24, 2.45) is 0 Å². The number of benzene rings is 1. The number of carbonyl (C=O) groups is 1. The molecule has 2 heterocycles. The van der Waals surface area contributed by atoms with Crippen LogP contribution in [0.25, 0.3) is 0 Å². The van der Waals surface area contributed by atoms with Gasteiger partial charge in [-0.2, -0.15) is 5.26 Å². The Labute approximate surface area is 162 Å². The molecule has 0 spiro atoms. The fourth-order valence-electron chi connectivity index (χ4n) is 3.43. The Morgan fingerprint density at radius 3 is 2.36 bits per heavy atom. The molecule has 28 heavy (non-hydrogen) atoms. The van der Waals surface area contributed by atoms with Crippen LogP contribution in [0.15, 0.2) is 42.6 Å². The van der Waals surface area contributed by atoms with Crippen molar-refractivity contribution in [3.05, 3.63) is 53.7 Å². The van der Waals surface area contributed by atoms with Crippen molar-refractivity contribution in [3.63, 3.8) is 0 Å². The van der Waals surface area contributed by atoms with Gasteiger partial charge in [0.2, 0.25) is 0 Å². The average molecular weight is 382 g/mol. The quantitative estimate of drug-likeness (QED) is 0.798. The van der Waals surface area contributed by atoms with E-state index in [1.807, 2.05) is 12.1 Å². The number of nitrogens with zero attached hydrogens (tertiary/aromatic N) is 4. The summed E-state index contributed by atoms with van der Waals surface area (Å²) in [7, 11) is 0. The molecular formula is C21H20F2N4O. The number of nitriles is 1. The highest BCUT2D eigenvalue weighted by Crippen LogP contribution is 2.37. The Kier molecular flexibility index (Phi) is 4.71. The molecule has 1 aliphatic heterocycles. The zero-order chi connectivity index (χ0) is 19.7. The molecule has 5 nitrogen and oxygen atoms in total. The number of likely N-dealkylation sites (tertiary alicyclic amines) is 1. The van der Waals surface area contributed by atoms with Crippen molar-refractivity contribution in [2.45, 2.75) is 37.6 Å². The molecule has 1 saturated heterocycles. The van der Waals surface area contributed by atoms with E-state index in [-0.39, 0.29) is 31.8 Å². The third-order valence-corrected chi connectivity index (χ3v) is 5.21. The Morgan fingerprint density at radius 1 is 1.14 bits per heavy atom. The summed E-state index contributed by atoms with van der Waals surface area (Å²) < 4.78 is 26.6. The van der Waals surface area contributed by atoms with Crippen LogP contribution in [0.2, 0.25) is 0 Å². The standard InChI is InChI=1S/C21H20F2N4O/c22-21(23)9-11-26(12-10-21)20(28)16-3-8-19(25-14-16)27(18-6-7-18)17-4-1-15(13-24)2-5-17/h1-5,8,14,18H,6-7,9-12H2. The fourth-order valence-corrected chi connectivity index (χ4v) is 3.43. The Hall–Kier alpha value is -3.01. The van der Waals surface area contributed by atoms with Crippen molar-refractivity contribution >= 4 is 17.4 Å². The number of amides is 1. The van der Waals surface area contributed by atoms with Gasteiger partial charge in [0.05, 0.1) is 17.2 Å². The van der Waals surface area contributed by atoms with Gasteiger partial charge in [-0.05, 0) is 49.2 Å². The molecular weight excluding hydrogens is 362 g/mol. The second kappa shape index (κ2) is 7.19. The molecule has 144 valence electrons. The molecule has 2 aliphatic rings. The van der Waals surface area contributed by atoms with Crippen molar-refractivity contribution in [1.82, 2.24) is 9.88 Å². The summed E-state index contributed by atoms with van der Waals surface area (Å²) in [6.07, 6.45) is 3.05. The van der Waals surface area contributed by atoms with Crippen molar-refractivity contribution < 1.29 is 13.6 Å². The summed E-state index contributed by atoms with van der Waals surface area (Å²) in [6.45, 7) is 0.125. The summed E-state index contributed by atoms with van der Waals surface area (Å²) in [5.41, 5.74) is 1.95. The minimum atomic E-state index is -2.68. The van der Waals surface area contributed by atoms with Crippen LogP contribution in [0, 0.1) is 11.3 Å². The van der Waals surface area contributed by atoms with Crippen molar-refractivity contribution in [3.8, 4) is 6.07 Å². The Bertz CT molecular complexity index is 891. The first-order chi connectivity index (χ1) is 13.5. The van der Waals surface area contributed by atoms with Gasteiger partial charge in [-0.1, -0.05) is 0 Å². The number of hydrogen-bond acceptors (Lipinski definition) is 4. The third kappa shape index (κ3) is 3.81. The van der Waals surface area contributed by atoms with Crippen LogP contribution in [0.5, 0.6) is 0 Å². The number of hydrogen-bond donors (Lipinski definition) is 0. The number of rotatable bonds is 4. The number of aromatic nitrogens is 1. The van der Waals surface area contributed by atoms with E-state index in [4.69, 9.17) is 5.26 Å². The molecule has 2 aromatic rings. The Morgan fingerprint density at radius 2 is 1.82 bits per heavy atom. The molecule has 1 aromatic carbocycles. The van der Waals surface area contributed by atoms with E-state index in [0.717, 1.165) is 24.3 Å². The van der Waals surface area contributed by atoms with Crippen LogP contribution < -0.4 is 4.90 Å². The molecule has 1 amide bonds. The van der Waals surface area contributed by atoms with Gasteiger partial charge < -0.3 is 9.80 Å². The highest BCUT2D eigenvalue weighted by atomic mass is 19.3. The number of alkyl halides is 2. The van der Waals surface area contributed by atoms with Crippen molar-refractivity contribution in [1.29, 1.82) is 5.26 Å². The molecule has 1 saturated carbocycles. The van der Waals surface area contributed by atoms with Gasteiger partial charge in [-0.3, -0.25) is 4.79 Å². The molecule has 0 unspecified atom stereocenters. The monoisotopic (exact) mass is 382 g/mol. The number of carbonyl (C=O) groups excluding carboxylic acids is 1. The van der Waals surface area contributed by atoms with Gasteiger partial charge in [-0.15, -0.1) is 0 Å². The minimum absolute atomic E-state index is 0.0625. The summed E-state index contributed by atoms with van der Waals surface area (Å²) in [4.78, 5) is 20.6. The van der Waals surface area contributed by atoms with Crippen LogP contribution in [-0.4, -0.2) is 40.8 Å². The second-order valence-corrected chi connectivity index (χ2v) is 7.31. The van der Waals surface area contributed by atoms with Crippen LogP contribution in [0.4, 0.5) is 20.3 Å². The van der Waals surface area contributed by atoms with Crippen LogP contribution >= 0.6 is 0 Å². The molecule has 4 rings (SSSR count). The van der Waals surface area contributed by atoms with Gasteiger partial charge in [0.15, 0.2) is 0 Å². The number of pyridine rings is 1. The predicted octanol–water partition coefficient (Wildman–Crippen LogP) is 4.13. The second-order valence-electron chi connectivity index (χ2n) is 7.31. The van der Waals surface area contributed by atoms with Gasteiger partial charge in [-0.25, -0.2) is 13.8 Å². The highest BCUT2D eigenvalue weighted by molar-refractivity contribution is 5.94. The van der Waals surface area contributed by atoms with E-state index in [0.29, 0.717) is 17.2 Å². The summed E-state index contributed by atoms with van der Waals surface area (Å²) >= 11 is 0. The smallest absolute Gasteiger partial charge is 0.255 e. The van der Waals surface area contributed by atoms with Gasteiger partial charge in [0, 0.05) is 43.9 Å². The first kappa shape index (κ1) is 18.4. The Balaban J connectivity index is 1.51. The summed E-state index contributed by atoms with van der Waals surface area (Å²) in [5.74, 6) is -2.20. The van der Waals surface area contributed by atoms with Gasteiger partial charge in [0.1, 0.15) is 5.82 Å². The van der Waals surface area contributed by atoms with E-state index >= 15 is 0 Å². The molecule has 0 N–H and O–H groups in total. The van der Waals surface area contributed by atoms with Crippen LogP contribution in [0.1, 0.15) is 41.6 Å². The topological polar surface area (TPSA) is 60.2 Å². The van der Waals surface area contributed by atoms with E-state index < -0.39 is 5.92 Å². The SMILES string of the molecule is N#Cc1ccc(N(c2ccc(C(=O)N3CCC(F)(F)CC3)cn2)C2CC2)cc1. The molecule has 2 fully saturated rings. The lowest BCUT2D eigenvalue weighted by atomic mass is 10.1. The zero-order valence-corrected chi connectivity index (χ0v) is 15.3. The van der Waals surface area contributed by atoms with E-state index in [2.05, 4.69) is 16.0 Å². The molecule has 0 radical (unpaired) electrons. The maximum Gasteiger partial charge on any atom is 0.255 e. The summed E-state index contributed by atoms with van der Waals surface area (Å²) in [5, 5.41) is 8.97. The highest BCUT2D eigenvalue weighted by Gasteiger charge is 2.36.